The minimum absolute atomic E-state index is 0.103. The van der Waals surface area contributed by atoms with Crippen LogP contribution < -0.4 is 10.2 Å². The molecule has 0 aliphatic heterocycles. The second kappa shape index (κ2) is 6.58. The zero-order valence-electron chi connectivity index (χ0n) is 10.5. The lowest BCUT2D eigenvalue weighted by Crippen LogP contribution is -2.36. The number of carboxylic acid groups (broad SMARTS) is 1. The molecular weight excluding hydrogens is 234 g/mol. The Bertz CT molecular complexity index is 434. The largest absolute Gasteiger partial charge is 0.478 e. The Labute approximate surface area is 106 Å². The van der Waals surface area contributed by atoms with Crippen molar-refractivity contribution in [3.05, 3.63) is 24.0 Å². The van der Waals surface area contributed by atoms with Crippen molar-refractivity contribution in [1.29, 1.82) is 0 Å². The van der Waals surface area contributed by atoms with Crippen molar-refractivity contribution in [3.63, 3.8) is 0 Å². The quantitative estimate of drug-likeness (QED) is 0.779. The van der Waals surface area contributed by atoms with E-state index in [0.717, 1.165) is 6.42 Å². The van der Waals surface area contributed by atoms with Crippen LogP contribution in [0, 0.1) is 0 Å². The number of pyridine rings is 1. The van der Waals surface area contributed by atoms with Crippen LogP contribution in [0.25, 0.3) is 0 Å². The number of likely N-dealkylation sites (N-methyl/N-ethyl adjacent to an activating group) is 1. The number of carbonyl (C=O) groups excluding carboxylic acids is 1. The highest BCUT2D eigenvalue weighted by Gasteiger charge is 2.15. The summed E-state index contributed by atoms with van der Waals surface area (Å²) >= 11 is 0. The van der Waals surface area contributed by atoms with Crippen molar-refractivity contribution in [1.82, 2.24) is 10.3 Å². The number of amides is 1. The van der Waals surface area contributed by atoms with Gasteiger partial charge in [-0.25, -0.2) is 4.79 Å². The molecule has 0 saturated carbocycles. The SMILES string of the molecule is CCCNC(=O)CN(C)c1cnccc1C(=O)O. The predicted octanol–water partition coefficient (Wildman–Crippen LogP) is 0.742. The van der Waals surface area contributed by atoms with Crippen molar-refractivity contribution in [2.24, 2.45) is 0 Å². The highest BCUT2D eigenvalue weighted by Crippen LogP contribution is 2.17. The monoisotopic (exact) mass is 251 g/mol. The molecule has 1 amide bonds. The third-order valence-electron chi connectivity index (χ3n) is 2.39. The molecule has 1 aromatic rings. The Balaban J connectivity index is 2.75. The van der Waals surface area contributed by atoms with Crippen LogP contribution in [0.5, 0.6) is 0 Å². The maximum Gasteiger partial charge on any atom is 0.337 e. The normalized spacial score (nSPS) is 9.89. The van der Waals surface area contributed by atoms with Crippen molar-refractivity contribution in [3.8, 4) is 0 Å². The van der Waals surface area contributed by atoms with Crippen LogP contribution in [0.3, 0.4) is 0 Å². The molecule has 1 aromatic heterocycles. The molecule has 98 valence electrons. The maximum absolute atomic E-state index is 11.5. The summed E-state index contributed by atoms with van der Waals surface area (Å²) in [6.45, 7) is 2.69. The van der Waals surface area contributed by atoms with E-state index >= 15 is 0 Å². The molecule has 0 aromatic carbocycles. The fourth-order valence-corrected chi connectivity index (χ4v) is 1.49. The van der Waals surface area contributed by atoms with E-state index in [0.29, 0.717) is 12.2 Å². The van der Waals surface area contributed by atoms with E-state index in [1.54, 1.807) is 11.9 Å². The standard InChI is InChI=1S/C12H17N3O3/c1-3-5-14-11(16)8-15(2)10-7-13-6-4-9(10)12(17)18/h4,6-7H,3,5,8H2,1-2H3,(H,14,16)(H,17,18). The fraction of sp³-hybridized carbons (Fsp3) is 0.417. The van der Waals surface area contributed by atoms with Crippen LogP contribution in [0.4, 0.5) is 5.69 Å². The minimum atomic E-state index is -1.03. The molecule has 1 heterocycles. The first-order chi connectivity index (χ1) is 8.56. The lowest BCUT2D eigenvalue weighted by molar-refractivity contribution is -0.119. The Morgan fingerprint density at radius 2 is 2.22 bits per heavy atom. The topological polar surface area (TPSA) is 82.5 Å². The summed E-state index contributed by atoms with van der Waals surface area (Å²) in [5.74, 6) is -1.17. The van der Waals surface area contributed by atoms with Crippen molar-refractivity contribution < 1.29 is 14.7 Å². The smallest absolute Gasteiger partial charge is 0.337 e. The number of hydrogen-bond donors (Lipinski definition) is 2. The van der Waals surface area contributed by atoms with Gasteiger partial charge in [0.1, 0.15) is 0 Å². The molecule has 0 aliphatic carbocycles. The van der Waals surface area contributed by atoms with Gasteiger partial charge in [0.2, 0.25) is 5.91 Å². The lowest BCUT2D eigenvalue weighted by atomic mass is 10.2. The Hall–Kier alpha value is -2.11. The van der Waals surface area contributed by atoms with Gasteiger partial charge in [0.25, 0.3) is 0 Å². The number of nitrogens with one attached hydrogen (secondary N) is 1. The molecule has 0 unspecified atom stereocenters. The summed E-state index contributed by atoms with van der Waals surface area (Å²) in [6.07, 6.45) is 3.72. The molecule has 1 rings (SSSR count). The van der Waals surface area contributed by atoms with Gasteiger partial charge in [-0.1, -0.05) is 6.92 Å². The molecule has 0 aliphatic rings. The average Bonchev–Trinajstić information content (AvgIpc) is 2.36. The number of aromatic carboxylic acids is 1. The van der Waals surface area contributed by atoms with Crippen LogP contribution >= 0.6 is 0 Å². The number of aromatic nitrogens is 1. The van der Waals surface area contributed by atoms with Crippen LogP contribution in [0.1, 0.15) is 23.7 Å². The van der Waals surface area contributed by atoms with Gasteiger partial charge in [-0.2, -0.15) is 0 Å². The number of carbonyl (C=O) groups is 2. The van der Waals surface area contributed by atoms with Gasteiger partial charge in [0.15, 0.2) is 0 Å². The molecular formula is C12H17N3O3. The van der Waals surface area contributed by atoms with E-state index in [2.05, 4.69) is 10.3 Å². The van der Waals surface area contributed by atoms with E-state index in [4.69, 9.17) is 5.11 Å². The van der Waals surface area contributed by atoms with Gasteiger partial charge in [-0.05, 0) is 12.5 Å². The molecule has 6 heteroatoms. The minimum Gasteiger partial charge on any atom is -0.478 e. The van der Waals surface area contributed by atoms with Gasteiger partial charge >= 0.3 is 5.97 Å². The molecule has 6 nitrogen and oxygen atoms in total. The summed E-state index contributed by atoms with van der Waals surface area (Å²) in [5.41, 5.74) is 0.562. The molecule has 18 heavy (non-hydrogen) atoms. The zero-order valence-corrected chi connectivity index (χ0v) is 10.5. The van der Waals surface area contributed by atoms with Gasteiger partial charge < -0.3 is 15.3 Å². The number of anilines is 1. The van der Waals surface area contributed by atoms with Gasteiger partial charge in [-0.15, -0.1) is 0 Å². The second-order valence-electron chi connectivity index (χ2n) is 3.90. The van der Waals surface area contributed by atoms with Crippen LogP contribution in [0.2, 0.25) is 0 Å². The highest BCUT2D eigenvalue weighted by molar-refractivity contribution is 5.95. The molecule has 0 fully saturated rings. The van der Waals surface area contributed by atoms with E-state index in [1.165, 1.54) is 18.5 Å². The van der Waals surface area contributed by atoms with Crippen LogP contribution in [-0.2, 0) is 4.79 Å². The van der Waals surface area contributed by atoms with Crippen molar-refractivity contribution >= 4 is 17.6 Å². The predicted molar refractivity (Wildman–Crippen MR) is 67.8 cm³/mol. The van der Waals surface area contributed by atoms with Gasteiger partial charge in [-0.3, -0.25) is 9.78 Å². The van der Waals surface area contributed by atoms with Crippen molar-refractivity contribution in [2.75, 3.05) is 25.0 Å². The van der Waals surface area contributed by atoms with E-state index in [9.17, 15) is 9.59 Å². The first-order valence-electron chi connectivity index (χ1n) is 5.71. The van der Waals surface area contributed by atoms with E-state index in [-0.39, 0.29) is 18.0 Å². The Morgan fingerprint density at radius 3 is 2.83 bits per heavy atom. The van der Waals surface area contributed by atoms with Gasteiger partial charge in [0, 0.05) is 19.8 Å². The number of nitrogens with zero attached hydrogens (tertiary/aromatic N) is 2. The third kappa shape index (κ3) is 3.73. The molecule has 2 N–H and O–H groups in total. The summed E-state index contributed by atoms with van der Waals surface area (Å²) in [6, 6.07) is 1.41. The summed E-state index contributed by atoms with van der Waals surface area (Å²) in [7, 11) is 1.66. The Kier molecular flexibility index (Phi) is 5.10. The fourth-order valence-electron chi connectivity index (χ4n) is 1.49. The van der Waals surface area contributed by atoms with Crippen LogP contribution in [0.15, 0.2) is 18.5 Å². The molecule has 0 spiro atoms. The third-order valence-corrected chi connectivity index (χ3v) is 2.39. The van der Waals surface area contributed by atoms with Gasteiger partial charge in [0.05, 0.1) is 24.0 Å². The number of hydrogen-bond acceptors (Lipinski definition) is 4. The van der Waals surface area contributed by atoms with Crippen molar-refractivity contribution in [2.45, 2.75) is 13.3 Å². The van der Waals surface area contributed by atoms with Crippen LogP contribution in [-0.4, -0.2) is 42.1 Å². The number of rotatable bonds is 6. The zero-order chi connectivity index (χ0) is 13.5. The molecule has 0 bridgehead atoms. The summed E-state index contributed by atoms with van der Waals surface area (Å²) < 4.78 is 0. The molecule has 0 saturated heterocycles. The Morgan fingerprint density at radius 1 is 1.50 bits per heavy atom. The lowest BCUT2D eigenvalue weighted by Gasteiger charge is -2.19. The maximum atomic E-state index is 11.5. The first-order valence-corrected chi connectivity index (χ1v) is 5.71. The first kappa shape index (κ1) is 14.0. The highest BCUT2D eigenvalue weighted by atomic mass is 16.4. The second-order valence-corrected chi connectivity index (χ2v) is 3.90. The molecule has 0 atom stereocenters. The average molecular weight is 251 g/mol. The molecule has 0 radical (unpaired) electrons. The van der Waals surface area contributed by atoms with E-state index < -0.39 is 5.97 Å². The number of carboxylic acids is 1. The van der Waals surface area contributed by atoms with E-state index in [1.807, 2.05) is 6.92 Å². The summed E-state index contributed by atoms with van der Waals surface area (Å²) in [5, 5.41) is 11.8. The summed E-state index contributed by atoms with van der Waals surface area (Å²) in [4.78, 5) is 28.0.